The fourth-order valence-corrected chi connectivity index (χ4v) is 4.52. The molecule has 4 aromatic rings. The molecule has 32 heavy (non-hydrogen) atoms. The SMILES string of the molecule is O=C(Oc1cccc2ccccc12)C1CCC(C(=O)Oc2cccc3ccccc23)CC1. The summed E-state index contributed by atoms with van der Waals surface area (Å²) in [5.74, 6) is 0.340. The summed E-state index contributed by atoms with van der Waals surface area (Å²) in [5, 5.41) is 3.93. The highest BCUT2D eigenvalue weighted by atomic mass is 16.5. The Morgan fingerprint density at radius 3 is 1.34 bits per heavy atom. The minimum absolute atomic E-state index is 0.199. The third kappa shape index (κ3) is 4.09. The lowest BCUT2D eigenvalue weighted by atomic mass is 9.82. The molecule has 1 fully saturated rings. The topological polar surface area (TPSA) is 52.6 Å². The first-order valence-corrected chi connectivity index (χ1v) is 11.1. The molecule has 0 spiro atoms. The molecule has 0 saturated heterocycles. The molecule has 0 bridgehead atoms. The lowest BCUT2D eigenvalue weighted by molar-refractivity contribution is -0.145. The second kappa shape index (κ2) is 8.83. The molecule has 1 aliphatic rings. The van der Waals surface area contributed by atoms with Gasteiger partial charge >= 0.3 is 11.9 Å². The zero-order valence-electron chi connectivity index (χ0n) is 17.7. The minimum atomic E-state index is -0.220. The van der Waals surface area contributed by atoms with Gasteiger partial charge in [0.25, 0.3) is 0 Å². The molecule has 0 aliphatic heterocycles. The lowest BCUT2D eigenvalue weighted by Crippen LogP contribution is -2.30. The Morgan fingerprint density at radius 1 is 0.531 bits per heavy atom. The maximum atomic E-state index is 12.8. The number of carbonyl (C=O) groups is 2. The summed E-state index contributed by atoms with van der Waals surface area (Å²) in [7, 11) is 0. The Kier molecular flexibility index (Phi) is 5.59. The van der Waals surface area contributed by atoms with E-state index in [2.05, 4.69) is 0 Å². The number of fused-ring (bicyclic) bond motifs is 2. The van der Waals surface area contributed by atoms with Gasteiger partial charge in [0.15, 0.2) is 0 Å². The molecule has 0 unspecified atom stereocenters. The van der Waals surface area contributed by atoms with E-state index in [1.54, 1.807) is 0 Å². The van der Waals surface area contributed by atoms with Gasteiger partial charge in [-0.15, -0.1) is 0 Å². The first kappa shape index (κ1) is 20.3. The Labute approximate surface area is 186 Å². The van der Waals surface area contributed by atoms with Gasteiger partial charge in [-0.2, -0.15) is 0 Å². The third-order valence-electron chi connectivity index (χ3n) is 6.31. The first-order valence-electron chi connectivity index (χ1n) is 11.1. The van der Waals surface area contributed by atoms with E-state index in [1.807, 2.05) is 84.9 Å². The number of hydrogen-bond donors (Lipinski definition) is 0. The van der Waals surface area contributed by atoms with Crippen LogP contribution in [0.25, 0.3) is 21.5 Å². The largest absolute Gasteiger partial charge is 0.426 e. The van der Waals surface area contributed by atoms with Gasteiger partial charge in [0, 0.05) is 10.8 Å². The van der Waals surface area contributed by atoms with Crippen molar-refractivity contribution in [2.24, 2.45) is 11.8 Å². The molecular weight excluding hydrogens is 400 g/mol. The van der Waals surface area contributed by atoms with E-state index in [9.17, 15) is 9.59 Å². The molecule has 0 amide bonds. The molecule has 5 rings (SSSR count). The van der Waals surface area contributed by atoms with Gasteiger partial charge in [0.1, 0.15) is 11.5 Å². The Bertz CT molecular complexity index is 1170. The predicted octanol–water partition coefficient (Wildman–Crippen LogP) is 6.31. The number of carbonyl (C=O) groups excluding carboxylic acids is 2. The van der Waals surface area contributed by atoms with Crippen molar-refractivity contribution in [3.05, 3.63) is 84.9 Å². The fourth-order valence-electron chi connectivity index (χ4n) is 4.52. The highest BCUT2D eigenvalue weighted by Crippen LogP contribution is 2.34. The second-order valence-electron chi connectivity index (χ2n) is 8.35. The molecule has 0 aromatic heterocycles. The van der Waals surface area contributed by atoms with Crippen LogP contribution in [0.1, 0.15) is 25.7 Å². The van der Waals surface area contributed by atoms with Gasteiger partial charge in [0.2, 0.25) is 0 Å². The van der Waals surface area contributed by atoms with Crippen molar-refractivity contribution >= 4 is 33.5 Å². The molecule has 1 aliphatic carbocycles. The van der Waals surface area contributed by atoms with Gasteiger partial charge in [-0.3, -0.25) is 9.59 Å². The number of hydrogen-bond acceptors (Lipinski definition) is 4. The van der Waals surface area contributed by atoms with E-state index in [4.69, 9.17) is 9.47 Å². The Hall–Kier alpha value is -3.66. The van der Waals surface area contributed by atoms with Crippen LogP contribution >= 0.6 is 0 Å². The van der Waals surface area contributed by atoms with Gasteiger partial charge in [0.05, 0.1) is 11.8 Å². The summed E-state index contributed by atoms with van der Waals surface area (Å²) < 4.78 is 11.5. The van der Waals surface area contributed by atoms with Crippen molar-refractivity contribution in [2.45, 2.75) is 25.7 Å². The van der Waals surface area contributed by atoms with Crippen LogP contribution in [0.15, 0.2) is 84.9 Å². The zero-order valence-corrected chi connectivity index (χ0v) is 17.7. The summed E-state index contributed by atoms with van der Waals surface area (Å²) in [4.78, 5) is 25.6. The van der Waals surface area contributed by atoms with E-state index in [-0.39, 0.29) is 23.8 Å². The van der Waals surface area contributed by atoms with Crippen molar-refractivity contribution in [1.82, 2.24) is 0 Å². The number of ether oxygens (including phenoxy) is 2. The van der Waals surface area contributed by atoms with Crippen LogP contribution in [0.4, 0.5) is 0 Å². The van der Waals surface area contributed by atoms with Crippen LogP contribution in [0.2, 0.25) is 0 Å². The summed E-state index contributed by atoms with van der Waals surface area (Å²) in [6.07, 6.45) is 2.50. The average molecular weight is 424 g/mol. The summed E-state index contributed by atoms with van der Waals surface area (Å²) in [5.41, 5.74) is 0. The van der Waals surface area contributed by atoms with Crippen molar-refractivity contribution in [1.29, 1.82) is 0 Å². The molecule has 1 saturated carbocycles. The molecular formula is C28H24O4. The standard InChI is InChI=1S/C28H24O4/c29-27(31-25-13-5-9-19-7-1-3-11-23(19)25)21-15-17-22(18-16-21)28(30)32-26-14-6-10-20-8-2-4-12-24(20)26/h1-14,21-22H,15-18H2. The smallest absolute Gasteiger partial charge is 0.314 e. The van der Waals surface area contributed by atoms with Crippen LogP contribution in [0.3, 0.4) is 0 Å². The quantitative estimate of drug-likeness (QED) is 0.285. The molecule has 0 atom stereocenters. The highest BCUT2D eigenvalue weighted by molar-refractivity contribution is 5.91. The van der Waals surface area contributed by atoms with Crippen LogP contribution in [0, 0.1) is 11.8 Å². The monoisotopic (exact) mass is 424 g/mol. The predicted molar refractivity (Wildman–Crippen MR) is 125 cm³/mol. The van der Waals surface area contributed by atoms with Crippen molar-refractivity contribution in [3.8, 4) is 11.5 Å². The van der Waals surface area contributed by atoms with Crippen molar-refractivity contribution in [2.75, 3.05) is 0 Å². The summed E-state index contributed by atoms with van der Waals surface area (Å²) in [6, 6.07) is 27.2. The zero-order chi connectivity index (χ0) is 21.9. The van der Waals surface area contributed by atoms with E-state index in [1.165, 1.54) is 0 Å². The van der Waals surface area contributed by atoms with Crippen LogP contribution in [-0.2, 0) is 9.59 Å². The van der Waals surface area contributed by atoms with Crippen LogP contribution < -0.4 is 9.47 Å². The van der Waals surface area contributed by atoms with Crippen LogP contribution in [0.5, 0.6) is 11.5 Å². The molecule has 4 heteroatoms. The minimum Gasteiger partial charge on any atom is -0.426 e. The van der Waals surface area contributed by atoms with E-state index in [0.717, 1.165) is 21.5 Å². The lowest BCUT2D eigenvalue weighted by Gasteiger charge is -2.26. The molecule has 4 nitrogen and oxygen atoms in total. The Morgan fingerprint density at radius 2 is 0.906 bits per heavy atom. The van der Waals surface area contributed by atoms with E-state index >= 15 is 0 Å². The highest BCUT2D eigenvalue weighted by Gasteiger charge is 2.32. The molecule has 0 N–H and O–H groups in total. The van der Waals surface area contributed by atoms with Crippen molar-refractivity contribution in [3.63, 3.8) is 0 Å². The molecule has 160 valence electrons. The molecule has 4 aromatic carbocycles. The number of benzene rings is 4. The third-order valence-corrected chi connectivity index (χ3v) is 6.31. The van der Waals surface area contributed by atoms with Gasteiger partial charge in [-0.05, 0) is 48.6 Å². The fraction of sp³-hybridized carbons (Fsp3) is 0.214. The normalized spacial score (nSPS) is 18.4. The van der Waals surface area contributed by atoms with E-state index < -0.39 is 0 Å². The van der Waals surface area contributed by atoms with E-state index in [0.29, 0.717) is 37.2 Å². The average Bonchev–Trinajstić information content (AvgIpc) is 2.84. The second-order valence-corrected chi connectivity index (χ2v) is 8.35. The maximum Gasteiger partial charge on any atom is 0.314 e. The Balaban J connectivity index is 1.21. The van der Waals surface area contributed by atoms with Crippen molar-refractivity contribution < 1.29 is 19.1 Å². The molecule has 0 radical (unpaired) electrons. The van der Waals surface area contributed by atoms with Crippen LogP contribution in [-0.4, -0.2) is 11.9 Å². The number of rotatable bonds is 4. The van der Waals surface area contributed by atoms with Gasteiger partial charge in [-0.25, -0.2) is 0 Å². The van der Waals surface area contributed by atoms with Gasteiger partial charge in [-0.1, -0.05) is 72.8 Å². The first-order chi connectivity index (χ1) is 15.7. The maximum absolute atomic E-state index is 12.8. The van der Waals surface area contributed by atoms with Gasteiger partial charge < -0.3 is 9.47 Å². The summed E-state index contributed by atoms with van der Waals surface area (Å²) in [6.45, 7) is 0. The number of esters is 2. The summed E-state index contributed by atoms with van der Waals surface area (Å²) >= 11 is 0. The molecule has 0 heterocycles.